The van der Waals surface area contributed by atoms with E-state index in [9.17, 15) is 5.11 Å². The molecule has 1 unspecified atom stereocenters. The number of aryl methyl sites for hydroxylation is 1. The zero-order chi connectivity index (χ0) is 11.4. The molecule has 0 saturated carbocycles. The van der Waals surface area contributed by atoms with E-state index in [1.54, 1.807) is 7.11 Å². The van der Waals surface area contributed by atoms with Crippen molar-refractivity contribution in [1.29, 1.82) is 0 Å². The molecule has 84 valence electrons. The molecular formula is C12H17BrO2. The van der Waals surface area contributed by atoms with Crippen LogP contribution in [0.4, 0.5) is 0 Å². The first-order valence-corrected chi connectivity index (χ1v) is 5.90. The van der Waals surface area contributed by atoms with E-state index in [2.05, 4.69) is 35.0 Å². The van der Waals surface area contributed by atoms with Crippen LogP contribution in [-0.2, 0) is 6.42 Å². The molecule has 15 heavy (non-hydrogen) atoms. The third-order valence-corrected chi connectivity index (χ3v) is 3.14. The number of ether oxygens (including phenoxy) is 1. The summed E-state index contributed by atoms with van der Waals surface area (Å²) in [6.45, 7) is 4.24. The molecule has 3 heteroatoms. The van der Waals surface area contributed by atoms with Gasteiger partial charge in [-0.15, -0.1) is 0 Å². The highest BCUT2D eigenvalue weighted by Crippen LogP contribution is 2.35. The van der Waals surface area contributed by atoms with Gasteiger partial charge in [0.05, 0.1) is 11.6 Å². The molecule has 0 saturated heterocycles. The van der Waals surface area contributed by atoms with Gasteiger partial charge in [-0.25, -0.2) is 0 Å². The predicted molar refractivity (Wildman–Crippen MR) is 65.6 cm³/mol. The SMILES string of the molecule is CCc1cc(Br)c(OC)c(C(C)CO)c1. The van der Waals surface area contributed by atoms with Crippen LogP contribution in [-0.4, -0.2) is 18.8 Å². The first-order valence-electron chi connectivity index (χ1n) is 5.11. The molecule has 0 bridgehead atoms. The molecule has 1 N–H and O–H groups in total. The molecule has 0 heterocycles. The Labute approximate surface area is 99.4 Å². The molecule has 2 nitrogen and oxygen atoms in total. The number of rotatable bonds is 4. The lowest BCUT2D eigenvalue weighted by molar-refractivity contribution is 0.269. The Kier molecular flexibility index (Phi) is 4.61. The van der Waals surface area contributed by atoms with Crippen LogP contribution in [0.15, 0.2) is 16.6 Å². The summed E-state index contributed by atoms with van der Waals surface area (Å²) in [5.41, 5.74) is 2.31. The summed E-state index contributed by atoms with van der Waals surface area (Å²) < 4.78 is 6.30. The molecule has 1 aromatic carbocycles. The Morgan fingerprint density at radius 3 is 2.60 bits per heavy atom. The maximum atomic E-state index is 9.19. The Morgan fingerprint density at radius 2 is 2.13 bits per heavy atom. The molecule has 0 amide bonds. The Balaban J connectivity index is 3.25. The second-order valence-corrected chi connectivity index (χ2v) is 4.49. The van der Waals surface area contributed by atoms with E-state index in [0.717, 1.165) is 22.2 Å². The number of aliphatic hydroxyl groups excluding tert-OH is 1. The fourth-order valence-corrected chi connectivity index (χ4v) is 2.24. The molecule has 0 spiro atoms. The van der Waals surface area contributed by atoms with E-state index < -0.39 is 0 Å². The van der Waals surface area contributed by atoms with E-state index >= 15 is 0 Å². The van der Waals surface area contributed by atoms with Gasteiger partial charge in [-0.05, 0) is 34.0 Å². The lowest BCUT2D eigenvalue weighted by atomic mass is 9.98. The van der Waals surface area contributed by atoms with Crippen molar-refractivity contribution < 1.29 is 9.84 Å². The maximum Gasteiger partial charge on any atom is 0.136 e. The summed E-state index contributed by atoms with van der Waals surface area (Å²) in [4.78, 5) is 0. The highest BCUT2D eigenvalue weighted by atomic mass is 79.9. The number of hydrogen-bond acceptors (Lipinski definition) is 2. The standard InChI is InChI=1S/C12H17BrO2/c1-4-9-5-10(8(2)7-14)12(15-3)11(13)6-9/h5-6,8,14H,4,7H2,1-3H3. The highest BCUT2D eigenvalue weighted by molar-refractivity contribution is 9.10. The fraction of sp³-hybridized carbons (Fsp3) is 0.500. The monoisotopic (exact) mass is 272 g/mol. The summed E-state index contributed by atoms with van der Waals surface area (Å²) >= 11 is 3.49. The first kappa shape index (κ1) is 12.5. The topological polar surface area (TPSA) is 29.5 Å². The van der Waals surface area contributed by atoms with Gasteiger partial charge in [-0.1, -0.05) is 19.9 Å². The van der Waals surface area contributed by atoms with Crippen LogP contribution in [0.1, 0.15) is 30.9 Å². The van der Waals surface area contributed by atoms with Gasteiger partial charge in [-0.3, -0.25) is 0 Å². The highest BCUT2D eigenvalue weighted by Gasteiger charge is 2.14. The quantitative estimate of drug-likeness (QED) is 0.913. The molecule has 0 radical (unpaired) electrons. The number of hydrogen-bond donors (Lipinski definition) is 1. The third-order valence-electron chi connectivity index (χ3n) is 2.55. The van der Waals surface area contributed by atoms with Crippen molar-refractivity contribution in [3.63, 3.8) is 0 Å². The second kappa shape index (κ2) is 5.52. The molecule has 0 fully saturated rings. The molecule has 1 atom stereocenters. The van der Waals surface area contributed by atoms with Crippen molar-refractivity contribution in [2.24, 2.45) is 0 Å². The maximum absolute atomic E-state index is 9.19. The average Bonchev–Trinajstić information content (AvgIpc) is 2.26. The van der Waals surface area contributed by atoms with Crippen LogP contribution in [0.25, 0.3) is 0 Å². The van der Waals surface area contributed by atoms with Crippen molar-refractivity contribution in [2.45, 2.75) is 26.2 Å². The van der Waals surface area contributed by atoms with E-state index in [1.165, 1.54) is 5.56 Å². The van der Waals surface area contributed by atoms with Gasteiger partial charge >= 0.3 is 0 Å². The second-order valence-electron chi connectivity index (χ2n) is 3.64. The zero-order valence-electron chi connectivity index (χ0n) is 9.38. The largest absolute Gasteiger partial charge is 0.495 e. The normalized spacial score (nSPS) is 12.6. The van der Waals surface area contributed by atoms with Crippen LogP contribution in [0.5, 0.6) is 5.75 Å². The minimum atomic E-state index is 0.0998. The summed E-state index contributed by atoms with van der Waals surface area (Å²) in [6, 6.07) is 4.16. The molecule has 0 aliphatic heterocycles. The third kappa shape index (κ3) is 2.73. The lowest BCUT2D eigenvalue weighted by Gasteiger charge is -2.16. The summed E-state index contributed by atoms with van der Waals surface area (Å²) in [7, 11) is 1.65. The van der Waals surface area contributed by atoms with Gasteiger partial charge in [0, 0.05) is 18.1 Å². The van der Waals surface area contributed by atoms with Crippen LogP contribution < -0.4 is 4.74 Å². The van der Waals surface area contributed by atoms with E-state index in [-0.39, 0.29) is 12.5 Å². The van der Waals surface area contributed by atoms with Crippen molar-refractivity contribution in [1.82, 2.24) is 0 Å². The van der Waals surface area contributed by atoms with Gasteiger partial charge in [0.15, 0.2) is 0 Å². The van der Waals surface area contributed by atoms with Gasteiger partial charge in [-0.2, -0.15) is 0 Å². The number of benzene rings is 1. The summed E-state index contributed by atoms with van der Waals surface area (Å²) in [5.74, 6) is 0.927. The van der Waals surface area contributed by atoms with Gasteiger partial charge in [0.2, 0.25) is 0 Å². The Bertz CT molecular complexity index is 337. The molecule has 1 aromatic rings. The van der Waals surface area contributed by atoms with Crippen molar-refractivity contribution in [3.8, 4) is 5.75 Å². The van der Waals surface area contributed by atoms with Crippen LogP contribution in [0, 0.1) is 0 Å². The molecule has 0 aliphatic rings. The Hall–Kier alpha value is -0.540. The average molecular weight is 273 g/mol. The minimum Gasteiger partial charge on any atom is -0.495 e. The van der Waals surface area contributed by atoms with Gasteiger partial charge < -0.3 is 9.84 Å². The zero-order valence-corrected chi connectivity index (χ0v) is 11.0. The summed E-state index contributed by atoms with van der Waals surface area (Å²) in [6.07, 6.45) is 0.980. The lowest BCUT2D eigenvalue weighted by Crippen LogP contribution is -2.03. The first-order chi connectivity index (χ1) is 7.13. The van der Waals surface area contributed by atoms with Crippen LogP contribution in [0.3, 0.4) is 0 Å². The number of halogens is 1. The minimum absolute atomic E-state index is 0.0998. The van der Waals surface area contributed by atoms with Crippen LogP contribution >= 0.6 is 15.9 Å². The number of methoxy groups -OCH3 is 1. The molecule has 1 rings (SSSR count). The van der Waals surface area contributed by atoms with E-state index in [4.69, 9.17) is 4.74 Å². The van der Waals surface area contributed by atoms with Gasteiger partial charge in [0.25, 0.3) is 0 Å². The van der Waals surface area contributed by atoms with Gasteiger partial charge in [0.1, 0.15) is 5.75 Å². The van der Waals surface area contributed by atoms with E-state index in [0.29, 0.717) is 0 Å². The molecule has 0 aliphatic carbocycles. The smallest absolute Gasteiger partial charge is 0.136 e. The fourth-order valence-electron chi connectivity index (χ4n) is 1.56. The van der Waals surface area contributed by atoms with Crippen LogP contribution in [0.2, 0.25) is 0 Å². The Morgan fingerprint density at radius 1 is 1.47 bits per heavy atom. The molecule has 0 aromatic heterocycles. The predicted octanol–water partition coefficient (Wildman–Crippen LogP) is 3.12. The van der Waals surface area contributed by atoms with Crippen molar-refractivity contribution >= 4 is 15.9 Å². The molecular weight excluding hydrogens is 256 g/mol. The number of aliphatic hydroxyl groups is 1. The van der Waals surface area contributed by atoms with E-state index in [1.807, 2.05) is 6.92 Å². The summed E-state index contributed by atoms with van der Waals surface area (Å²) in [5, 5.41) is 9.19. The van der Waals surface area contributed by atoms with Crippen molar-refractivity contribution in [3.05, 3.63) is 27.7 Å². The van der Waals surface area contributed by atoms with Crippen molar-refractivity contribution in [2.75, 3.05) is 13.7 Å².